The first-order valence-electron chi connectivity index (χ1n) is 5.29. The van der Waals surface area contributed by atoms with Gasteiger partial charge >= 0.3 is 0 Å². The summed E-state index contributed by atoms with van der Waals surface area (Å²) in [6, 6.07) is 8.81. The molecule has 0 aliphatic rings. The van der Waals surface area contributed by atoms with Crippen molar-refractivity contribution in [1.29, 1.82) is 0 Å². The molecule has 0 saturated heterocycles. The third-order valence-corrected chi connectivity index (χ3v) is 3.59. The van der Waals surface area contributed by atoms with Gasteiger partial charge in [-0.25, -0.2) is 0 Å². The smallest absolute Gasteiger partial charge is 0.1000 e. The summed E-state index contributed by atoms with van der Waals surface area (Å²) in [5.41, 5.74) is 1.41. The Hall–Kier alpha value is -0.610. The second-order valence-electron chi connectivity index (χ2n) is 3.86. The zero-order valence-electron chi connectivity index (χ0n) is 9.28. The fourth-order valence-electron chi connectivity index (χ4n) is 1.60. The van der Waals surface area contributed by atoms with Crippen molar-refractivity contribution >= 4 is 39.1 Å². The molecule has 1 atom stereocenters. The summed E-state index contributed by atoms with van der Waals surface area (Å²) in [5.74, 6) is 0. The molecule has 1 aromatic carbocycles. The van der Waals surface area contributed by atoms with E-state index in [0.29, 0.717) is 22.2 Å². The predicted octanol–water partition coefficient (Wildman–Crippen LogP) is 4.43. The van der Waals surface area contributed by atoms with Gasteiger partial charge in [0.15, 0.2) is 0 Å². The summed E-state index contributed by atoms with van der Waals surface area (Å²) >= 11 is 15.3. The second kappa shape index (κ2) is 6.02. The van der Waals surface area contributed by atoms with Crippen LogP contribution < -0.4 is 0 Å². The minimum Gasteiger partial charge on any atom is -0.386 e. The number of halogens is 3. The lowest BCUT2D eigenvalue weighted by molar-refractivity contribution is 0.173. The quantitative estimate of drug-likeness (QED) is 0.891. The van der Waals surface area contributed by atoms with E-state index in [1.807, 2.05) is 6.07 Å². The number of aliphatic hydroxyl groups excluding tert-OH is 1. The van der Waals surface area contributed by atoms with E-state index in [1.54, 1.807) is 30.5 Å². The van der Waals surface area contributed by atoms with E-state index in [-0.39, 0.29) is 0 Å². The average molecular weight is 347 g/mol. The number of aliphatic hydroxyl groups is 1. The van der Waals surface area contributed by atoms with Gasteiger partial charge in [0.25, 0.3) is 0 Å². The SMILES string of the molecule is OC(Cc1cc(Cl)ccc1Cl)c1ccc(Br)cn1. The Morgan fingerprint density at radius 3 is 2.67 bits per heavy atom. The van der Waals surface area contributed by atoms with Crippen molar-refractivity contribution in [2.75, 3.05) is 0 Å². The molecule has 94 valence electrons. The number of nitrogens with zero attached hydrogens (tertiary/aromatic N) is 1. The Morgan fingerprint density at radius 2 is 2.00 bits per heavy atom. The number of rotatable bonds is 3. The molecule has 1 N–H and O–H groups in total. The van der Waals surface area contributed by atoms with E-state index >= 15 is 0 Å². The molecule has 5 heteroatoms. The molecular formula is C13H10BrCl2NO. The van der Waals surface area contributed by atoms with Crippen LogP contribution in [-0.4, -0.2) is 10.1 Å². The number of hydrogen-bond acceptors (Lipinski definition) is 2. The van der Waals surface area contributed by atoms with Crippen LogP contribution in [0, 0.1) is 0 Å². The van der Waals surface area contributed by atoms with Gasteiger partial charge < -0.3 is 5.11 Å². The van der Waals surface area contributed by atoms with Crippen molar-refractivity contribution in [3.8, 4) is 0 Å². The normalized spacial score (nSPS) is 12.4. The summed E-state index contributed by atoms with van der Waals surface area (Å²) in [7, 11) is 0. The topological polar surface area (TPSA) is 33.1 Å². The molecule has 0 aliphatic heterocycles. The van der Waals surface area contributed by atoms with Crippen molar-refractivity contribution in [3.05, 3.63) is 62.3 Å². The van der Waals surface area contributed by atoms with Gasteiger partial charge in [-0.1, -0.05) is 23.2 Å². The molecule has 0 fully saturated rings. The van der Waals surface area contributed by atoms with E-state index < -0.39 is 6.10 Å². The number of benzene rings is 1. The average Bonchev–Trinajstić information content (AvgIpc) is 2.34. The predicted molar refractivity (Wildman–Crippen MR) is 77.1 cm³/mol. The van der Waals surface area contributed by atoms with E-state index in [9.17, 15) is 5.11 Å². The zero-order valence-corrected chi connectivity index (χ0v) is 12.4. The summed E-state index contributed by atoms with van der Waals surface area (Å²) in [5, 5.41) is 11.3. The molecule has 2 rings (SSSR count). The Morgan fingerprint density at radius 1 is 1.22 bits per heavy atom. The van der Waals surface area contributed by atoms with Crippen LogP contribution in [0.3, 0.4) is 0 Å². The molecule has 1 unspecified atom stereocenters. The molecule has 1 heterocycles. The molecule has 2 nitrogen and oxygen atoms in total. The first kappa shape index (κ1) is 13.8. The number of pyridine rings is 1. The van der Waals surface area contributed by atoms with Crippen LogP contribution in [0.5, 0.6) is 0 Å². The van der Waals surface area contributed by atoms with Crippen LogP contribution >= 0.6 is 39.1 Å². The molecule has 0 radical (unpaired) electrons. The van der Waals surface area contributed by atoms with Crippen molar-refractivity contribution in [2.24, 2.45) is 0 Å². The highest BCUT2D eigenvalue weighted by molar-refractivity contribution is 9.10. The standard InChI is InChI=1S/C13H10BrCl2NO/c14-9-1-4-12(17-7-9)13(18)6-8-5-10(15)2-3-11(8)16/h1-5,7,13,18H,6H2. The largest absolute Gasteiger partial charge is 0.386 e. The summed E-state index contributed by atoms with van der Waals surface area (Å²) in [6.07, 6.45) is 1.33. The van der Waals surface area contributed by atoms with Crippen LogP contribution in [-0.2, 0) is 6.42 Å². The molecule has 0 aliphatic carbocycles. The first-order valence-corrected chi connectivity index (χ1v) is 6.84. The van der Waals surface area contributed by atoms with Crippen molar-refractivity contribution in [1.82, 2.24) is 4.98 Å². The zero-order chi connectivity index (χ0) is 13.1. The van der Waals surface area contributed by atoms with Gasteiger partial charge in [0.05, 0.1) is 11.8 Å². The molecule has 2 aromatic rings. The van der Waals surface area contributed by atoms with E-state index in [0.717, 1.165) is 10.0 Å². The van der Waals surface area contributed by atoms with Gasteiger partial charge in [0, 0.05) is 27.1 Å². The van der Waals surface area contributed by atoms with Crippen LogP contribution in [0.1, 0.15) is 17.4 Å². The second-order valence-corrected chi connectivity index (χ2v) is 5.62. The van der Waals surface area contributed by atoms with Crippen molar-refractivity contribution < 1.29 is 5.11 Å². The van der Waals surface area contributed by atoms with Crippen molar-refractivity contribution in [3.63, 3.8) is 0 Å². The van der Waals surface area contributed by atoms with Crippen LogP contribution in [0.4, 0.5) is 0 Å². The maximum absolute atomic E-state index is 10.1. The Balaban J connectivity index is 2.18. The van der Waals surface area contributed by atoms with Crippen molar-refractivity contribution in [2.45, 2.75) is 12.5 Å². The van der Waals surface area contributed by atoms with Gasteiger partial charge in [-0.05, 0) is 51.8 Å². The summed E-state index contributed by atoms with van der Waals surface area (Å²) in [6.45, 7) is 0. The molecule has 0 bridgehead atoms. The molecule has 18 heavy (non-hydrogen) atoms. The first-order chi connectivity index (χ1) is 8.56. The molecule has 1 aromatic heterocycles. The Kier molecular flexibility index (Phi) is 4.62. The lowest BCUT2D eigenvalue weighted by Crippen LogP contribution is -2.04. The van der Waals surface area contributed by atoms with Gasteiger partial charge in [-0.15, -0.1) is 0 Å². The third-order valence-electron chi connectivity index (χ3n) is 2.51. The Labute approximate surface area is 124 Å². The van der Waals surface area contributed by atoms with E-state index in [2.05, 4.69) is 20.9 Å². The third kappa shape index (κ3) is 3.45. The number of hydrogen-bond donors (Lipinski definition) is 1. The number of aromatic nitrogens is 1. The maximum atomic E-state index is 10.1. The molecular weight excluding hydrogens is 337 g/mol. The van der Waals surface area contributed by atoms with Gasteiger partial charge in [0.2, 0.25) is 0 Å². The monoisotopic (exact) mass is 345 g/mol. The van der Waals surface area contributed by atoms with E-state index in [4.69, 9.17) is 23.2 Å². The summed E-state index contributed by atoms with van der Waals surface area (Å²) in [4.78, 5) is 4.15. The minimum atomic E-state index is -0.700. The van der Waals surface area contributed by atoms with Crippen LogP contribution in [0.25, 0.3) is 0 Å². The fraction of sp³-hybridized carbons (Fsp3) is 0.154. The van der Waals surface area contributed by atoms with Gasteiger partial charge in [-0.2, -0.15) is 0 Å². The summed E-state index contributed by atoms with van der Waals surface area (Å²) < 4.78 is 0.874. The lowest BCUT2D eigenvalue weighted by atomic mass is 10.1. The highest BCUT2D eigenvalue weighted by Gasteiger charge is 2.12. The van der Waals surface area contributed by atoms with Crippen LogP contribution in [0.15, 0.2) is 41.0 Å². The van der Waals surface area contributed by atoms with Gasteiger partial charge in [0.1, 0.15) is 0 Å². The molecule has 0 amide bonds. The maximum Gasteiger partial charge on any atom is 0.1000 e. The lowest BCUT2D eigenvalue weighted by Gasteiger charge is -2.11. The van der Waals surface area contributed by atoms with Crippen LogP contribution in [0.2, 0.25) is 10.0 Å². The highest BCUT2D eigenvalue weighted by Crippen LogP contribution is 2.25. The molecule has 0 saturated carbocycles. The minimum absolute atomic E-state index is 0.383. The highest BCUT2D eigenvalue weighted by atomic mass is 79.9. The Bertz CT molecular complexity index is 545. The fourth-order valence-corrected chi connectivity index (χ4v) is 2.22. The molecule has 0 spiro atoms. The van der Waals surface area contributed by atoms with Gasteiger partial charge in [-0.3, -0.25) is 4.98 Å². The van der Waals surface area contributed by atoms with E-state index in [1.165, 1.54) is 0 Å².